The zero-order chi connectivity index (χ0) is 16.4. The first-order valence-corrected chi connectivity index (χ1v) is 7.65. The second kappa shape index (κ2) is 5.90. The smallest absolute Gasteiger partial charge is 0.414 e. The number of ether oxygens (including phenoxy) is 1. The van der Waals surface area contributed by atoms with Gasteiger partial charge in [0.05, 0.1) is 5.69 Å². The van der Waals surface area contributed by atoms with E-state index in [9.17, 15) is 17.8 Å². The zero-order valence-electron chi connectivity index (χ0n) is 12.7. The van der Waals surface area contributed by atoms with E-state index in [0.717, 1.165) is 0 Å². The van der Waals surface area contributed by atoms with E-state index in [4.69, 9.17) is 4.74 Å². The monoisotopic (exact) mass is 316 g/mol. The van der Waals surface area contributed by atoms with Crippen molar-refractivity contribution in [2.75, 3.05) is 24.3 Å². The molecule has 0 saturated heterocycles. The van der Waals surface area contributed by atoms with Crippen LogP contribution in [-0.2, 0) is 14.9 Å². The quantitative estimate of drug-likeness (QED) is 0.831. The molecule has 0 heterocycles. The van der Waals surface area contributed by atoms with Gasteiger partial charge in [0.25, 0.3) is 10.1 Å². The second-order valence-electron chi connectivity index (χ2n) is 5.44. The molecule has 0 aliphatic carbocycles. The standard InChI is InChI=1S/C13H20N2O5S/c1-13(2,3)20-12(16)15(5)9-6-7-10(14-4)11(8-9)21(17,18)19/h6-8,14H,1-5H3,(H,17,18,19). The van der Waals surface area contributed by atoms with Crippen molar-refractivity contribution in [3.05, 3.63) is 18.2 Å². The molecular weight excluding hydrogens is 296 g/mol. The Labute approximate surface area is 124 Å². The summed E-state index contributed by atoms with van der Waals surface area (Å²) in [4.78, 5) is 12.8. The van der Waals surface area contributed by atoms with Crippen molar-refractivity contribution >= 4 is 27.6 Å². The molecule has 1 aromatic rings. The normalized spacial score (nSPS) is 11.9. The Balaban J connectivity index is 3.18. The summed E-state index contributed by atoms with van der Waals surface area (Å²) in [6, 6.07) is 4.20. The van der Waals surface area contributed by atoms with E-state index in [0.29, 0.717) is 0 Å². The highest BCUT2D eigenvalue weighted by atomic mass is 32.2. The first kappa shape index (κ1) is 17.3. The van der Waals surface area contributed by atoms with E-state index in [1.54, 1.807) is 26.8 Å². The van der Waals surface area contributed by atoms with Gasteiger partial charge in [-0.25, -0.2) is 4.79 Å². The number of hydrogen-bond donors (Lipinski definition) is 2. The number of rotatable bonds is 3. The Bertz CT molecular complexity index is 634. The van der Waals surface area contributed by atoms with Crippen molar-refractivity contribution in [2.45, 2.75) is 31.3 Å². The maximum Gasteiger partial charge on any atom is 0.414 e. The van der Waals surface area contributed by atoms with Crippen molar-refractivity contribution in [2.24, 2.45) is 0 Å². The summed E-state index contributed by atoms with van der Waals surface area (Å²) in [5, 5.41) is 2.66. The fourth-order valence-electron chi connectivity index (χ4n) is 1.58. The minimum atomic E-state index is -4.40. The van der Waals surface area contributed by atoms with Crippen molar-refractivity contribution in [1.29, 1.82) is 0 Å². The van der Waals surface area contributed by atoms with Gasteiger partial charge in [0.1, 0.15) is 10.5 Å². The van der Waals surface area contributed by atoms with Crippen molar-refractivity contribution < 1.29 is 22.5 Å². The number of benzene rings is 1. The van der Waals surface area contributed by atoms with E-state index in [1.807, 2.05) is 0 Å². The molecule has 0 spiro atoms. The fourth-order valence-corrected chi connectivity index (χ4v) is 2.29. The van der Waals surface area contributed by atoms with Gasteiger partial charge in [-0.3, -0.25) is 9.45 Å². The van der Waals surface area contributed by atoms with Gasteiger partial charge in [-0.1, -0.05) is 0 Å². The average molecular weight is 316 g/mol. The first-order valence-electron chi connectivity index (χ1n) is 6.21. The molecule has 0 radical (unpaired) electrons. The molecule has 0 atom stereocenters. The Morgan fingerprint density at radius 2 is 1.90 bits per heavy atom. The molecule has 0 aliphatic rings. The van der Waals surface area contributed by atoms with Crippen LogP contribution >= 0.6 is 0 Å². The molecule has 7 nitrogen and oxygen atoms in total. The average Bonchev–Trinajstić information content (AvgIpc) is 2.34. The summed E-state index contributed by atoms with van der Waals surface area (Å²) in [7, 11) is -1.42. The van der Waals surface area contributed by atoms with Crippen molar-refractivity contribution in [3.63, 3.8) is 0 Å². The lowest BCUT2D eigenvalue weighted by Gasteiger charge is -2.25. The minimum absolute atomic E-state index is 0.235. The van der Waals surface area contributed by atoms with Crippen LogP contribution in [0.5, 0.6) is 0 Å². The Kier molecular flexibility index (Phi) is 4.85. The van der Waals surface area contributed by atoms with Gasteiger partial charge in [0.15, 0.2) is 0 Å². The molecule has 0 aromatic heterocycles. The minimum Gasteiger partial charge on any atom is -0.443 e. The molecule has 1 rings (SSSR count). The zero-order valence-corrected chi connectivity index (χ0v) is 13.5. The van der Waals surface area contributed by atoms with Crippen LogP contribution < -0.4 is 10.2 Å². The van der Waals surface area contributed by atoms with E-state index in [1.165, 1.54) is 31.1 Å². The molecule has 2 N–H and O–H groups in total. The van der Waals surface area contributed by atoms with Crippen LogP contribution in [0.3, 0.4) is 0 Å². The van der Waals surface area contributed by atoms with Gasteiger partial charge in [-0.15, -0.1) is 0 Å². The topological polar surface area (TPSA) is 95.9 Å². The second-order valence-corrected chi connectivity index (χ2v) is 6.83. The molecule has 1 aromatic carbocycles. The predicted octanol–water partition coefficient (Wildman–Crippen LogP) is 2.35. The lowest BCUT2D eigenvalue weighted by atomic mass is 10.2. The van der Waals surface area contributed by atoms with Crippen LogP contribution in [0.1, 0.15) is 20.8 Å². The maximum absolute atomic E-state index is 12.0. The van der Waals surface area contributed by atoms with Gasteiger partial charge in [0.2, 0.25) is 0 Å². The molecule has 0 bridgehead atoms. The van der Waals surface area contributed by atoms with Crippen LogP contribution in [0.25, 0.3) is 0 Å². The Hall–Kier alpha value is -1.80. The molecule has 0 aliphatic heterocycles. The number of hydrogen-bond acceptors (Lipinski definition) is 5. The Morgan fingerprint density at radius 1 is 1.33 bits per heavy atom. The summed E-state index contributed by atoms with van der Waals surface area (Å²) < 4.78 is 37.2. The first-order chi connectivity index (χ1) is 9.45. The summed E-state index contributed by atoms with van der Waals surface area (Å²) in [5.41, 5.74) is -0.142. The largest absolute Gasteiger partial charge is 0.443 e. The number of carbonyl (C=O) groups excluding carboxylic acids is 1. The predicted molar refractivity (Wildman–Crippen MR) is 80.4 cm³/mol. The fraction of sp³-hybridized carbons (Fsp3) is 0.462. The number of nitrogens with one attached hydrogen (secondary N) is 1. The molecule has 0 saturated carbocycles. The van der Waals surface area contributed by atoms with Gasteiger partial charge in [-0.2, -0.15) is 8.42 Å². The lowest BCUT2D eigenvalue weighted by molar-refractivity contribution is 0.0589. The maximum atomic E-state index is 12.0. The summed E-state index contributed by atoms with van der Waals surface area (Å²) in [6.07, 6.45) is -0.624. The van der Waals surface area contributed by atoms with Gasteiger partial charge in [-0.05, 0) is 39.0 Å². The van der Waals surface area contributed by atoms with Crippen LogP contribution in [0.2, 0.25) is 0 Å². The Morgan fingerprint density at radius 3 is 2.33 bits per heavy atom. The van der Waals surface area contributed by atoms with Crippen LogP contribution in [-0.4, -0.2) is 38.8 Å². The SMILES string of the molecule is CNc1ccc(N(C)C(=O)OC(C)(C)C)cc1S(=O)(=O)O. The van der Waals surface area contributed by atoms with Crippen molar-refractivity contribution in [1.82, 2.24) is 0 Å². The molecule has 21 heavy (non-hydrogen) atoms. The molecule has 0 unspecified atom stereocenters. The number of nitrogens with zero attached hydrogens (tertiary/aromatic N) is 1. The van der Waals surface area contributed by atoms with Gasteiger partial charge in [0, 0.05) is 19.8 Å². The van der Waals surface area contributed by atoms with Crippen molar-refractivity contribution in [3.8, 4) is 0 Å². The number of anilines is 2. The molecular formula is C13H20N2O5S. The van der Waals surface area contributed by atoms with Gasteiger partial charge >= 0.3 is 6.09 Å². The van der Waals surface area contributed by atoms with Crippen LogP contribution in [0.4, 0.5) is 16.2 Å². The summed E-state index contributed by atoms with van der Waals surface area (Å²) >= 11 is 0. The van der Waals surface area contributed by atoms with Crippen LogP contribution in [0, 0.1) is 0 Å². The highest BCUT2D eigenvalue weighted by Gasteiger charge is 2.23. The van der Waals surface area contributed by atoms with Gasteiger partial charge < -0.3 is 10.1 Å². The van der Waals surface area contributed by atoms with Crippen LogP contribution in [0.15, 0.2) is 23.1 Å². The highest BCUT2D eigenvalue weighted by molar-refractivity contribution is 7.86. The van der Waals surface area contributed by atoms with E-state index in [2.05, 4.69) is 5.32 Å². The third kappa shape index (κ3) is 4.61. The molecule has 0 fully saturated rings. The molecule has 1 amide bonds. The number of carbonyl (C=O) groups is 1. The third-order valence-corrected chi connectivity index (χ3v) is 3.46. The summed E-state index contributed by atoms with van der Waals surface area (Å²) in [6.45, 7) is 5.19. The molecule has 8 heteroatoms. The van der Waals surface area contributed by atoms with E-state index < -0.39 is 21.8 Å². The van der Waals surface area contributed by atoms with E-state index >= 15 is 0 Å². The number of amides is 1. The summed E-state index contributed by atoms with van der Waals surface area (Å²) in [5.74, 6) is 0. The molecule has 118 valence electrons. The highest BCUT2D eigenvalue weighted by Crippen LogP contribution is 2.27. The third-order valence-electron chi connectivity index (χ3n) is 2.57. The van der Waals surface area contributed by atoms with E-state index in [-0.39, 0.29) is 16.3 Å². The lowest BCUT2D eigenvalue weighted by Crippen LogP contribution is -2.34.